The Morgan fingerprint density at radius 2 is 1.84 bits per heavy atom. The third-order valence-electron chi connectivity index (χ3n) is 3.85. The lowest BCUT2D eigenvalue weighted by molar-refractivity contribution is 0.394. The fourth-order valence-electron chi connectivity index (χ4n) is 2.86. The minimum Gasteiger partial charge on any atom is -0.495 e. The molecule has 1 atom stereocenters. The lowest BCUT2D eigenvalue weighted by atomic mass is 9.92. The molecule has 0 aromatic heterocycles. The van der Waals surface area contributed by atoms with Crippen LogP contribution in [0, 0.1) is 5.92 Å². The summed E-state index contributed by atoms with van der Waals surface area (Å²) in [6.45, 7) is 0. The average Bonchev–Trinajstić information content (AvgIpc) is 2.66. The molecule has 0 bridgehead atoms. The molecule has 1 unspecified atom stereocenters. The van der Waals surface area contributed by atoms with Crippen molar-refractivity contribution in [2.24, 2.45) is 5.92 Å². The van der Waals surface area contributed by atoms with Gasteiger partial charge in [-0.2, -0.15) is 0 Å². The van der Waals surface area contributed by atoms with E-state index in [9.17, 15) is 0 Å². The highest BCUT2D eigenvalue weighted by Gasteiger charge is 2.25. The maximum absolute atomic E-state index is 6.19. The van der Waals surface area contributed by atoms with E-state index < -0.39 is 0 Å². The molecule has 1 aromatic carbocycles. The van der Waals surface area contributed by atoms with Crippen molar-refractivity contribution >= 4 is 43.5 Å². The standard InChI is InChI=1S/C15H19Br2ClO/c1-19-15-12(8-11(18)9-13(15)16)14(17)10-6-4-2-3-5-7-10/h8-10,14H,2-7H2,1H3. The summed E-state index contributed by atoms with van der Waals surface area (Å²) in [6.07, 6.45) is 7.96. The average molecular weight is 411 g/mol. The van der Waals surface area contributed by atoms with Crippen LogP contribution >= 0.6 is 43.5 Å². The van der Waals surface area contributed by atoms with Gasteiger partial charge in [-0.15, -0.1) is 0 Å². The number of halogens is 3. The van der Waals surface area contributed by atoms with Gasteiger partial charge in [-0.05, 0) is 46.8 Å². The zero-order chi connectivity index (χ0) is 13.8. The zero-order valence-electron chi connectivity index (χ0n) is 11.1. The van der Waals surface area contributed by atoms with Crippen LogP contribution < -0.4 is 4.74 Å². The fraction of sp³-hybridized carbons (Fsp3) is 0.600. The van der Waals surface area contributed by atoms with E-state index in [1.54, 1.807) is 7.11 Å². The lowest BCUT2D eigenvalue weighted by Crippen LogP contribution is -2.08. The fourth-order valence-corrected chi connectivity index (χ4v) is 4.72. The van der Waals surface area contributed by atoms with Crippen molar-refractivity contribution in [2.45, 2.75) is 43.4 Å². The van der Waals surface area contributed by atoms with Crippen LogP contribution in [0.25, 0.3) is 0 Å². The number of ether oxygens (including phenoxy) is 1. The Morgan fingerprint density at radius 3 is 2.42 bits per heavy atom. The summed E-state index contributed by atoms with van der Waals surface area (Å²) in [6, 6.07) is 3.91. The minimum absolute atomic E-state index is 0.315. The topological polar surface area (TPSA) is 9.23 Å². The Bertz CT molecular complexity index is 428. The van der Waals surface area contributed by atoms with Crippen molar-refractivity contribution in [1.82, 2.24) is 0 Å². The maximum atomic E-state index is 6.19. The Balaban J connectivity index is 2.28. The van der Waals surface area contributed by atoms with Crippen molar-refractivity contribution in [2.75, 3.05) is 7.11 Å². The molecule has 4 heteroatoms. The molecule has 0 N–H and O–H groups in total. The first-order valence-corrected chi connectivity index (χ1v) is 8.89. The highest BCUT2D eigenvalue weighted by Crippen LogP contribution is 2.45. The van der Waals surface area contributed by atoms with Crippen molar-refractivity contribution < 1.29 is 4.74 Å². The second-order valence-corrected chi connectivity index (χ2v) is 7.44. The summed E-state index contributed by atoms with van der Waals surface area (Å²) in [7, 11) is 1.71. The summed E-state index contributed by atoms with van der Waals surface area (Å²) < 4.78 is 6.47. The zero-order valence-corrected chi connectivity index (χ0v) is 15.0. The van der Waals surface area contributed by atoms with E-state index >= 15 is 0 Å². The molecule has 19 heavy (non-hydrogen) atoms. The Hall–Kier alpha value is 0.270. The van der Waals surface area contributed by atoms with Crippen LogP contribution in [0.3, 0.4) is 0 Å². The van der Waals surface area contributed by atoms with Crippen LogP contribution in [-0.2, 0) is 0 Å². The van der Waals surface area contributed by atoms with E-state index in [-0.39, 0.29) is 0 Å². The molecule has 1 nitrogen and oxygen atoms in total. The van der Waals surface area contributed by atoms with Crippen molar-refractivity contribution in [3.63, 3.8) is 0 Å². The van der Waals surface area contributed by atoms with Crippen molar-refractivity contribution in [1.29, 1.82) is 0 Å². The van der Waals surface area contributed by atoms with Crippen LogP contribution in [-0.4, -0.2) is 7.11 Å². The molecule has 106 valence electrons. The summed E-state index contributed by atoms with van der Waals surface area (Å²) >= 11 is 13.6. The molecular formula is C15H19Br2ClO. The highest BCUT2D eigenvalue weighted by molar-refractivity contribution is 9.10. The predicted molar refractivity (Wildman–Crippen MR) is 88.6 cm³/mol. The van der Waals surface area contributed by atoms with Gasteiger partial charge in [-0.3, -0.25) is 0 Å². The molecular weight excluding hydrogens is 391 g/mol. The molecule has 1 aliphatic rings. The van der Waals surface area contributed by atoms with E-state index in [1.165, 1.54) is 38.5 Å². The molecule has 0 saturated heterocycles. The van der Waals surface area contributed by atoms with Gasteiger partial charge >= 0.3 is 0 Å². The summed E-state index contributed by atoms with van der Waals surface area (Å²) in [5.41, 5.74) is 1.16. The Morgan fingerprint density at radius 1 is 1.21 bits per heavy atom. The molecule has 0 spiro atoms. The molecule has 1 saturated carbocycles. The highest BCUT2D eigenvalue weighted by atomic mass is 79.9. The van der Waals surface area contributed by atoms with Crippen LogP contribution in [0.5, 0.6) is 5.75 Å². The van der Waals surface area contributed by atoms with Crippen LogP contribution in [0.2, 0.25) is 5.02 Å². The van der Waals surface area contributed by atoms with Crippen LogP contribution in [0.4, 0.5) is 0 Å². The number of alkyl halides is 1. The number of hydrogen-bond acceptors (Lipinski definition) is 1. The summed E-state index contributed by atoms with van der Waals surface area (Å²) in [5.74, 6) is 1.57. The smallest absolute Gasteiger partial charge is 0.137 e. The predicted octanol–water partition coefficient (Wildman–Crippen LogP) is 6.52. The first-order valence-electron chi connectivity index (χ1n) is 6.80. The number of hydrogen-bond donors (Lipinski definition) is 0. The Kier molecular flexibility index (Phi) is 6.04. The lowest BCUT2D eigenvalue weighted by Gasteiger charge is -2.23. The largest absolute Gasteiger partial charge is 0.495 e. The second-order valence-electron chi connectivity index (χ2n) is 5.16. The maximum Gasteiger partial charge on any atom is 0.137 e. The summed E-state index contributed by atoms with van der Waals surface area (Å²) in [4.78, 5) is 0.315. The van der Waals surface area contributed by atoms with E-state index in [0.717, 1.165) is 20.8 Å². The number of methoxy groups -OCH3 is 1. The Labute approximate surface area is 137 Å². The quantitative estimate of drug-likeness (QED) is 0.407. The third kappa shape index (κ3) is 3.89. The molecule has 0 aliphatic heterocycles. The van der Waals surface area contributed by atoms with Gasteiger partial charge in [0, 0.05) is 15.4 Å². The second kappa shape index (κ2) is 7.33. The molecule has 1 aromatic rings. The van der Waals surface area contributed by atoms with Gasteiger partial charge in [-0.25, -0.2) is 0 Å². The first-order chi connectivity index (χ1) is 9.13. The van der Waals surface area contributed by atoms with E-state index in [0.29, 0.717) is 10.7 Å². The third-order valence-corrected chi connectivity index (χ3v) is 5.90. The first kappa shape index (κ1) is 15.7. The van der Waals surface area contributed by atoms with Gasteiger partial charge < -0.3 is 4.74 Å². The molecule has 0 amide bonds. The van der Waals surface area contributed by atoms with Gasteiger partial charge in [0.25, 0.3) is 0 Å². The van der Waals surface area contributed by atoms with Gasteiger partial charge in [0.05, 0.1) is 11.6 Å². The number of benzene rings is 1. The van der Waals surface area contributed by atoms with E-state index in [1.807, 2.05) is 12.1 Å². The van der Waals surface area contributed by atoms with Gasteiger partial charge in [0.2, 0.25) is 0 Å². The number of rotatable bonds is 3. The van der Waals surface area contributed by atoms with Gasteiger partial charge in [0.15, 0.2) is 0 Å². The minimum atomic E-state index is 0.315. The molecule has 0 radical (unpaired) electrons. The molecule has 0 heterocycles. The normalized spacial score (nSPS) is 18.9. The molecule has 1 aliphatic carbocycles. The van der Waals surface area contributed by atoms with E-state index in [2.05, 4.69) is 31.9 Å². The SMILES string of the molecule is COc1c(Br)cc(Cl)cc1C(Br)C1CCCCCC1. The van der Waals surface area contributed by atoms with Crippen molar-refractivity contribution in [3.8, 4) is 5.75 Å². The molecule has 2 rings (SSSR count). The van der Waals surface area contributed by atoms with Crippen LogP contribution in [0.1, 0.15) is 48.9 Å². The molecule has 1 fully saturated rings. The van der Waals surface area contributed by atoms with Crippen LogP contribution in [0.15, 0.2) is 16.6 Å². The van der Waals surface area contributed by atoms with Gasteiger partial charge in [0.1, 0.15) is 5.75 Å². The van der Waals surface area contributed by atoms with Gasteiger partial charge in [-0.1, -0.05) is 53.2 Å². The monoisotopic (exact) mass is 408 g/mol. The van der Waals surface area contributed by atoms with E-state index in [4.69, 9.17) is 16.3 Å². The van der Waals surface area contributed by atoms with Crippen molar-refractivity contribution in [3.05, 3.63) is 27.2 Å². The summed E-state index contributed by atoms with van der Waals surface area (Å²) in [5, 5.41) is 0.751.